The van der Waals surface area contributed by atoms with Crippen LogP contribution in [0.5, 0.6) is 0 Å². The van der Waals surface area contributed by atoms with Gasteiger partial charge in [-0.15, -0.1) is 0 Å². The van der Waals surface area contributed by atoms with Crippen LogP contribution in [0.2, 0.25) is 0 Å². The third-order valence-corrected chi connectivity index (χ3v) is 3.98. The number of hydrogen-bond acceptors (Lipinski definition) is 2. The van der Waals surface area contributed by atoms with Gasteiger partial charge in [0, 0.05) is 16.9 Å². The van der Waals surface area contributed by atoms with E-state index < -0.39 is 17.6 Å². The molecule has 1 aromatic heterocycles. The predicted octanol–water partition coefficient (Wildman–Crippen LogP) is 5.83. The van der Waals surface area contributed by atoms with E-state index in [4.69, 9.17) is 0 Å². The summed E-state index contributed by atoms with van der Waals surface area (Å²) in [6.45, 7) is 1.91. The maximum atomic E-state index is 12.8. The molecule has 0 aliphatic carbocycles. The quantitative estimate of drug-likeness (QED) is 0.617. The fourth-order valence-electron chi connectivity index (χ4n) is 2.56. The highest BCUT2D eigenvalue weighted by Crippen LogP contribution is 2.30. The highest BCUT2D eigenvalue weighted by molar-refractivity contribution is 6.04. The lowest BCUT2D eigenvalue weighted by Gasteiger charge is -2.10. The van der Waals surface area contributed by atoms with E-state index in [1.165, 1.54) is 12.1 Å². The van der Waals surface area contributed by atoms with Gasteiger partial charge in [-0.05, 0) is 61.0 Å². The van der Waals surface area contributed by atoms with E-state index >= 15 is 0 Å². The zero-order valence-corrected chi connectivity index (χ0v) is 15.0. The zero-order chi connectivity index (χ0) is 20.1. The van der Waals surface area contributed by atoms with Crippen molar-refractivity contribution < 1.29 is 18.0 Å². The van der Waals surface area contributed by atoms with Crippen molar-refractivity contribution in [2.24, 2.45) is 0 Å². The number of amides is 1. The molecule has 142 valence electrons. The van der Waals surface area contributed by atoms with Crippen molar-refractivity contribution in [2.75, 3.05) is 5.32 Å². The van der Waals surface area contributed by atoms with Gasteiger partial charge in [0.1, 0.15) is 0 Å². The normalized spacial score (nSPS) is 11.6. The number of carbonyl (C=O) groups is 1. The highest BCUT2D eigenvalue weighted by atomic mass is 19.4. The molecular formula is C22H17F3N2O. The average Bonchev–Trinajstić information content (AvgIpc) is 2.66. The molecule has 0 aliphatic rings. The van der Waals surface area contributed by atoms with E-state index in [1.807, 2.05) is 37.3 Å². The molecule has 3 nitrogen and oxygen atoms in total. The summed E-state index contributed by atoms with van der Waals surface area (Å²) in [6, 6.07) is 17.0. The molecule has 6 heteroatoms. The Hall–Kier alpha value is -3.41. The Bertz CT molecular complexity index is 1010. The first kappa shape index (κ1) is 19.4. The monoisotopic (exact) mass is 382 g/mol. The smallest absolute Gasteiger partial charge is 0.322 e. The van der Waals surface area contributed by atoms with Crippen molar-refractivity contribution in [3.8, 4) is 0 Å². The molecule has 0 atom stereocenters. The lowest BCUT2D eigenvalue weighted by atomic mass is 10.1. The number of rotatable bonds is 4. The first-order valence-electron chi connectivity index (χ1n) is 8.52. The Morgan fingerprint density at radius 2 is 1.68 bits per heavy atom. The van der Waals surface area contributed by atoms with Crippen molar-refractivity contribution in [1.29, 1.82) is 0 Å². The topological polar surface area (TPSA) is 42.0 Å². The van der Waals surface area contributed by atoms with Crippen LogP contribution in [-0.4, -0.2) is 10.9 Å². The number of nitrogens with one attached hydrogen (secondary N) is 1. The average molecular weight is 382 g/mol. The number of anilines is 1. The third kappa shape index (κ3) is 5.07. The van der Waals surface area contributed by atoms with E-state index in [1.54, 1.807) is 24.3 Å². The number of halogens is 3. The number of hydrogen-bond donors (Lipinski definition) is 1. The van der Waals surface area contributed by atoms with Crippen molar-refractivity contribution in [1.82, 2.24) is 4.98 Å². The van der Waals surface area contributed by atoms with Crippen LogP contribution in [0.15, 0.2) is 66.7 Å². The first-order chi connectivity index (χ1) is 13.3. The molecule has 0 unspecified atom stereocenters. The molecule has 0 aliphatic heterocycles. The molecular weight excluding hydrogens is 365 g/mol. The summed E-state index contributed by atoms with van der Waals surface area (Å²) in [5.41, 5.74) is 2.25. The van der Waals surface area contributed by atoms with Gasteiger partial charge in [0.25, 0.3) is 5.91 Å². The van der Waals surface area contributed by atoms with Gasteiger partial charge in [-0.2, -0.15) is 13.2 Å². The van der Waals surface area contributed by atoms with E-state index in [0.717, 1.165) is 29.1 Å². The lowest BCUT2D eigenvalue weighted by molar-refractivity contribution is -0.137. The van der Waals surface area contributed by atoms with E-state index in [2.05, 4.69) is 10.3 Å². The lowest BCUT2D eigenvalue weighted by Crippen LogP contribution is -2.13. The van der Waals surface area contributed by atoms with E-state index in [9.17, 15) is 18.0 Å². The Kier molecular flexibility index (Phi) is 5.59. The fraction of sp³-hybridized carbons (Fsp3) is 0.0909. The predicted molar refractivity (Wildman–Crippen MR) is 104 cm³/mol. The molecule has 2 aromatic carbocycles. The van der Waals surface area contributed by atoms with Crippen LogP contribution < -0.4 is 5.32 Å². The number of aryl methyl sites for hydroxylation is 1. The Morgan fingerprint density at radius 3 is 2.36 bits per heavy atom. The van der Waals surface area contributed by atoms with Gasteiger partial charge in [0.2, 0.25) is 0 Å². The molecule has 3 rings (SSSR count). The second-order valence-corrected chi connectivity index (χ2v) is 6.19. The molecule has 0 spiro atoms. The molecule has 1 heterocycles. The SMILES string of the molecule is Cc1cccc(/C=C/c2ccc(C(=O)Nc3cccc(C(F)(F)F)c3)cc2)n1. The number of carbonyl (C=O) groups excluding carboxylic acids is 1. The van der Waals surface area contributed by atoms with Crippen LogP contribution in [0, 0.1) is 6.92 Å². The third-order valence-electron chi connectivity index (χ3n) is 3.98. The van der Waals surface area contributed by atoms with Crippen molar-refractivity contribution in [3.63, 3.8) is 0 Å². The molecule has 28 heavy (non-hydrogen) atoms. The summed E-state index contributed by atoms with van der Waals surface area (Å²) < 4.78 is 38.3. The Labute approximate surface area is 160 Å². The second-order valence-electron chi connectivity index (χ2n) is 6.19. The molecule has 0 bridgehead atoms. The van der Waals surface area contributed by atoms with Gasteiger partial charge >= 0.3 is 6.18 Å². The van der Waals surface area contributed by atoms with Crippen LogP contribution in [0.3, 0.4) is 0 Å². The van der Waals surface area contributed by atoms with Crippen molar-refractivity contribution in [3.05, 3.63) is 94.8 Å². The van der Waals surface area contributed by atoms with Gasteiger partial charge < -0.3 is 5.32 Å². The van der Waals surface area contributed by atoms with E-state index in [-0.39, 0.29) is 5.69 Å². The van der Waals surface area contributed by atoms with Gasteiger partial charge in [0.05, 0.1) is 11.3 Å². The van der Waals surface area contributed by atoms with Crippen LogP contribution >= 0.6 is 0 Å². The molecule has 0 fully saturated rings. The number of aromatic nitrogens is 1. The van der Waals surface area contributed by atoms with Crippen molar-refractivity contribution in [2.45, 2.75) is 13.1 Å². The van der Waals surface area contributed by atoms with Crippen LogP contribution in [-0.2, 0) is 6.18 Å². The minimum absolute atomic E-state index is 0.0920. The maximum Gasteiger partial charge on any atom is 0.416 e. The van der Waals surface area contributed by atoms with Gasteiger partial charge in [-0.1, -0.05) is 30.3 Å². The van der Waals surface area contributed by atoms with Gasteiger partial charge in [0.15, 0.2) is 0 Å². The number of pyridine rings is 1. The van der Waals surface area contributed by atoms with Crippen molar-refractivity contribution >= 4 is 23.7 Å². The van der Waals surface area contributed by atoms with E-state index in [0.29, 0.717) is 5.56 Å². The molecule has 0 radical (unpaired) electrons. The summed E-state index contributed by atoms with van der Waals surface area (Å²) in [6.07, 6.45) is -0.720. The summed E-state index contributed by atoms with van der Waals surface area (Å²) in [4.78, 5) is 16.7. The Balaban J connectivity index is 1.69. The summed E-state index contributed by atoms with van der Waals surface area (Å²) in [5.74, 6) is -0.477. The van der Waals surface area contributed by atoms with Crippen LogP contribution in [0.25, 0.3) is 12.2 Å². The molecule has 1 N–H and O–H groups in total. The van der Waals surface area contributed by atoms with Crippen LogP contribution in [0.1, 0.15) is 32.9 Å². The number of benzene rings is 2. The Morgan fingerprint density at radius 1 is 0.964 bits per heavy atom. The maximum absolute atomic E-state index is 12.8. The van der Waals surface area contributed by atoms with Gasteiger partial charge in [-0.25, -0.2) is 0 Å². The molecule has 0 saturated heterocycles. The summed E-state index contributed by atoms with van der Waals surface area (Å²) in [7, 11) is 0. The minimum Gasteiger partial charge on any atom is -0.322 e. The highest BCUT2D eigenvalue weighted by Gasteiger charge is 2.30. The zero-order valence-electron chi connectivity index (χ0n) is 15.0. The largest absolute Gasteiger partial charge is 0.416 e. The fourth-order valence-corrected chi connectivity index (χ4v) is 2.56. The summed E-state index contributed by atoms with van der Waals surface area (Å²) in [5, 5.41) is 2.49. The molecule has 0 saturated carbocycles. The molecule has 1 amide bonds. The minimum atomic E-state index is -4.46. The number of nitrogens with zero attached hydrogens (tertiary/aromatic N) is 1. The standard InChI is InChI=1S/C22H17F3N2O/c1-15-4-2-6-19(26-15)13-10-16-8-11-17(12-9-16)21(28)27-20-7-3-5-18(14-20)22(23,24)25/h2-14H,1H3,(H,27,28)/b13-10+. The molecule has 3 aromatic rings. The summed E-state index contributed by atoms with van der Waals surface area (Å²) >= 11 is 0. The second kappa shape index (κ2) is 8.08. The number of alkyl halides is 3. The van der Waals surface area contributed by atoms with Gasteiger partial charge in [-0.3, -0.25) is 9.78 Å². The van der Waals surface area contributed by atoms with Crippen LogP contribution in [0.4, 0.5) is 18.9 Å². The first-order valence-corrected chi connectivity index (χ1v) is 8.52.